The molecule has 0 unspecified atom stereocenters. The number of halogens is 3. The highest BCUT2D eigenvalue weighted by atomic mass is 32.2. The molecule has 0 heterocycles. The molecule has 104 valence electrons. The summed E-state index contributed by atoms with van der Waals surface area (Å²) in [6.07, 6.45) is -2.97. The molecule has 1 aromatic carbocycles. The number of esters is 1. The molecule has 19 heavy (non-hydrogen) atoms. The van der Waals surface area contributed by atoms with E-state index < -0.39 is 17.7 Å². The van der Waals surface area contributed by atoms with Crippen LogP contribution in [0.1, 0.15) is 15.9 Å². The van der Waals surface area contributed by atoms with Crippen molar-refractivity contribution in [3.8, 4) is 5.75 Å². The minimum Gasteiger partial charge on any atom is -0.465 e. The van der Waals surface area contributed by atoms with E-state index in [1.165, 1.54) is 0 Å². The molecule has 1 aromatic rings. The fourth-order valence-electron chi connectivity index (χ4n) is 1.20. The summed E-state index contributed by atoms with van der Waals surface area (Å²) in [4.78, 5) is 11.3. The Morgan fingerprint density at radius 1 is 1.32 bits per heavy atom. The SMILES string of the molecule is COC(=O)c1cc(OC(=S)SC)cc(C(F)(F)F)c1. The first-order valence-electron chi connectivity index (χ1n) is 4.84. The van der Waals surface area contributed by atoms with Crippen molar-refractivity contribution in [2.24, 2.45) is 0 Å². The number of hydrogen-bond donors (Lipinski definition) is 0. The van der Waals surface area contributed by atoms with Crippen molar-refractivity contribution in [3.63, 3.8) is 0 Å². The normalized spacial score (nSPS) is 11.0. The fraction of sp³-hybridized carbons (Fsp3) is 0.273. The Hall–Kier alpha value is -1.28. The first kappa shape index (κ1) is 15.8. The summed E-state index contributed by atoms with van der Waals surface area (Å²) in [5.74, 6) is -1.04. The molecule has 0 bridgehead atoms. The Bertz CT molecular complexity index is 500. The fourth-order valence-corrected chi connectivity index (χ4v) is 1.47. The van der Waals surface area contributed by atoms with Gasteiger partial charge >= 0.3 is 12.1 Å². The van der Waals surface area contributed by atoms with Gasteiger partial charge in [-0.05, 0) is 36.7 Å². The van der Waals surface area contributed by atoms with E-state index in [4.69, 9.17) is 17.0 Å². The molecule has 0 N–H and O–H groups in total. The maximum atomic E-state index is 12.7. The van der Waals surface area contributed by atoms with Crippen molar-refractivity contribution < 1.29 is 27.4 Å². The second kappa shape index (κ2) is 6.25. The molecular weight excluding hydrogens is 301 g/mol. The maximum Gasteiger partial charge on any atom is 0.416 e. The zero-order valence-corrected chi connectivity index (χ0v) is 11.5. The van der Waals surface area contributed by atoms with E-state index in [0.717, 1.165) is 31.0 Å². The number of rotatable bonds is 2. The molecule has 0 atom stereocenters. The van der Waals surface area contributed by atoms with Gasteiger partial charge < -0.3 is 9.47 Å². The molecule has 0 aliphatic heterocycles. The Kier molecular flexibility index (Phi) is 5.19. The van der Waals surface area contributed by atoms with E-state index in [1.54, 1.807) is 6.26 Å². The van der Waals surface area contributed by atoms with Gasteiger partial charge in [-0.25, -0.2) is 4.79 Å². The Labute approximate surface area is 117 Å². The van der Waals surface area contributed by atoms with Crippen LogP contribution in [0.25, 0.3) is 0 Å². The van der Waals surface area contributed by atoms with Crippen molar-refractivity contribution in [1.29, 1.82) is 0 Å². The molecule has 0 aromatic heterocycles. The standard InChI is InChI=1S/C11H9F3O3S2/c1-16-9(15)6-3-7(11(12,13)14)5-8(4-6)17-10(18)19-2/h3-5H,1-2H3. The van der Waals surface area contributed by atoms with Crippen LogP contribution in [-0.4, -0.2) is 23.7 Å². The first-order valence-corrected chi connectivity index (χ1v) is 6.47. The van der Waals surface area contributed by atoms with E-state index in [1.807, 2.05) is 0 Å². The third kappa shape index (κ3) is 4.39. The van der Waals surface area contributed by atoms with E-state index in [-0.39, 0.29) is 15.7 Å². The lowest BCUT2D eigenvalue weighted by Crippen LogP contribution is -2.10. The summed E-state index contributed by atoms with van der Waals surface area (Å²) < 4.78 is 47.5. The van der Waals surface area contributed by atoms with Crippen LogP contribution in [-0.2, 0) is 10.9 Å². The summed E-state index contributed by atoms with van der Waals surface area (Å²) in [6, 6.07) is 2.61. The molecule has 8 heteroatoms. The van der Waals surface area contributed by atoms with Crippen molar-refractivity contribution in [2.45, 2.75) is 6.18 Å². The molecule has 0 aliphatic rings. The maximum absolute atomic E-state index is 12.7. The second-order valence-electron chi connectivity index (χ2n) is 3.29. The van der Waals surface area contributed by atoms with Crippen LogP contribution in [0.3, 0.4) is 0 Å². The molecule has 0 saturated carbocycles. The number of alkyl halides is 3. The van der Waals surface area contributed by atoms with Gasteiger partial charge in [0.25, 0.3) is 0 Å². The predicted octanol–water partition coefficient (Wildman–Crippen LogP) is 3.52. The molecule has 0 saturated heterocycles. The van der Waals surface area contributed by atoms with Crippen LogP contribution < -0.4 is 4.74 Å². The van der Waals surface area contributed by atoms with Crippen molar-refractivity contribution >= 4 is 34.3 Å². The zero-order valence-electron chi connectivity index (χ0n) is 9.91. The number of carbonyl (C=O) groups excluding carboxylic acids is 1. The van der Waals surface area contributed by atoms with Crippen LogP contribution in [0.2, 0.25) is 0 Å². The van der Waals surface area contributed by atoms with Gasteiger partial charge in [-0.1, -0.05) is 11.8 Å². The average Bonchev–Trinajstić information content (AvgIpc) is 2.36. The number of benzene rings is 1. The first-order chi connectivity index (χ1) is 8.77. The number of thiocarbonyl (C=S) groups is 1. The van der Waals surface area contributed by atoms with Gasteiger partial charge in [0.05, 0.1) is 18.2 Å². The molecule has 0 fully saturated rings. The van der Waals surface area contributed by atoms with E-state index in [0.29, 0.717) is 6.07 Å². The van der Waals surface area contributed by atoms with Crippen LogP contribution >= 0.6 is 24.0 Å². The monoisotopic (exact) mass is 310 g/mol. The van der Waals surface area contributed by atoms with Crippen LogP contribution in [0.5, 0.6) is 5.75 Å². The molecule has 3 nitrogen and oxygen atoms in total. The number of methoxy groups -OCH3 is 1. The zero-order chi connectivity index (χ0) is 14.6. The number of ether oxygens (including phenoxy) is 2. The van der Waals surface area contributed by atoms with E-state index >= 15 is 0 Å². The summed E-state index contributed by atoms with van der Waals surface area (Å²) in [5.41, 5.74) is -1.26. The van der Waals surface area contributed by atoms with Crippen LogP contribution in [0.15, 0.2) is 18.2 Å². The van der Waals surface area contributed by atoms with Gasteiger partial charge in [0.1, 0.15) is 5.75 Å². The van der Waals surface area contributed by atoms with E-state index in [2.05, 4.69) is 4.74 Å². The van der Waals surface area contributed by atoms with Crippen molar-refractivity contribution in [3.05, 3.63) is 29.3 Å². The van der Waals surface area contributed by atoms with Gasteiger partial charge in [0, 0.05) is 0 Å². The molecule has 0 aliphatic carbocycles. The Morgan fingerprint density at radius 3 is 2.42 bits per heavy atom. The third-order valence-corrected chi connectivity index (χ3v) is 3.02. The summed E-state index contributed by atoms with van der Waals surface area (Å²) in [5, 5.41) is 0. The lowest BCUT2D eigenvalue weighted by atomic mass is 10.1. The van der Waals surface area contributed by atoms with Crippen LogP contribution in [0.4, 0.5) is 13.2 Å². The Morgan fingerprint density at radius 2 is 1.95 bits per heavy atom. The molecule has 0 radical (unpaired) electrons. The largest absolute Gasteiger partial charge is 0.465 e. The number of hydrogen-bond acceptors (Lipinski definition) is 5. The molecule has 0 spiro atoms. The van der Waals surface area contributed by atoms with E-state index in [9.17, 15) is 18.0 Å². The van der Waals surface area contributed by atoms with Gasteiger partial charge in [-0.2, -0.15) is 13.2 Å². The highest BCUT2D eigenvalue weighted by Crippen LogP contribution is 2.33. The van der Waals surface area contributed by atoms with Gasteiger partial charge in [0.2, 0.25) is 4.38 Å². The van der Waals surface area contributed by atoms with Gasteiger partial charge in [-0.3, -0.25) is 0 Å². The number of thioether (sulfide) groups is 1. The lowest BCUT2D eigenvalue weighted by Gasteiger charge is -2.11. The Balaban J connectivity index is 3.24. The second-order valence-corrected chi connectivity index (χ2v) is 4.70. The highest BCUT2D eigenvalue weighted by molar-refractivity contribution is 8.22. The molecular formula is C11H9F3O3S2. The predicted molar refractivity (Wildman–Crippen MR) is 69.5 cm³/mol. The smallest absolute Gasteiger partial charge is 0.416 e. The summed E-state index contributed by atoms with van der Waals surface area (Å²) in [6.45, 7) is 0. The molecule has 0 amide bonds. The topological polar surface area (TPSA) is 35.5 Å². The van der Waals surface area contributed by atoms with Gasteiger partial charge in [0.15, 0.2) is 0 Å². The highest BCUT2D eigenvalue weighted by Gasteiger charge is 2.32. The summed E-state index contributed by atoms with van der Waals surface area (Å²) >= 11 is 5.82. The minimum atomic E-state index is -4.59. The number of carbonyl (C=O) groups is 1. The third-order valence-electron chi connectivity index (χ3n) is 2.02. The van der Waals surface area contributed by atoms with Crippen molar-refractivity contribution in [1.82, 2.24) is 0 Å². The lowest BCUT2D eigenvalue weighted by molar-refractivity contribution is -0.137. The quantitative estimate of drug-likeness (QED) is 0.617. The van der Waals surface area contributed by atoms with Crippen molar-refractivity contribution in [2.75, 3.05) is 13.4 Å². The van der Waals surface area contributed by atoms with Crippen LogP contribution in [0, 0.1) is 0 Å². The summed E-state index contributed by atoms with van der Waals surface area (Å²) in [7, 11) is 1.08. The van der Waals surface area contributed by atoms with Gasteiger partial charge in [-0.15, -0.1) is 0 Å². The average molecular weight is 310 g/mol. The minimum absolute atomic E-state index is 0.0511. The molecule has 1 rings (SSSR count).